The number of nitrogens with zero attached hydrogens (tertiary/aromatic N) is 2. The molecule has 0 spiro atoms. The number of fused-ring (bicyclic) bond motifs is 1. The normalized spacial score (nSPS) is 12.5. The van der Waals surface area contributed by atoms with Crippen LogP contribution in [0.15, 0.2) is 54.0 Å². The van der Waals surface area contributed by atoms with E-state index in [0.717, 1.165) is 22.0 Å². The van der Waals surface area contributed by atoms with E-state index in [2.05, 4.69) is 9.51 Å². The van der Waals surface area contributed by atoms with Crippen molar-refractivity contribution < 1.29 is 42.7 Å². The van der Waals surface area contributed by atoms with Crippen molar-refractivity contribution in [3.8, 4) is 5.75 Å². The monoisotopic (exact) mass is 534 g/mol. The van der Waals surface area contributed by atoms with E-state index < -0.39 is 31.6 Å². The Morgan fingerprint density at radius 1 is 1.19 bits per heavy atom. The van der Waals surface area contributed by atoms with Gasteiger partial charge in [0.25, 0.3) is 0 Å². The molecule has 0 aliphatic heterocycles. The van der Waals surface area contributed by atoms with Crippen LogP contribution in [0.3, 0.4) is 0 Å². The predicted molar refractivity (Wildman–Crippen MR) is 127 cm³/mol. The molecular formula is C23H20FN2O8PS. The number of thiazole rings is 1. The number of aliphatic hydroxyl groups excluding tert-OH is 1. The summed E-state index contributed by atoms with van der Waals surface area (Å²) in [5.74, 6) is -1.17. The van der Waals surface area contributed by atoms with Crippen LogP contribution < -0.4 is 4.52 Å². The fourth-order valence-corrected chi connectivity index (χ4v) is 4.61. The molecule has 4 rings (SSSR count). The average molecular weight is 534 g/mol. The zero-order valence-corrected chi connectivity index (χ0v) is 20.4. The molecule has 0 radical (unpaired) electrons. The maximum atomic E-state index is 14.0. The van der Waals surface area contributed by atoms with E-state index in [1.54, 1.807) is 12.3 Å². The number of ether oxygens (including phenoxy) is 1. The van der Waals surface area contributed by atoms with Crippen molar-refractivity contribution in [1.29, 1.82) is 0 Å². The minimum absolute atomic E-state index is 0.0646. The highest BCUT2D eigenvalue weighted by molar-refractivity contribution is 7.46. The second-order valence-electron chi connectivity index (χ2n) is 7.69. The number of ketones is 1. The van der Waals surface area contributed by atoms with Gasteiger partial charge in [-0.25, -0.2) is 18.7 Å². The third-order valence-corrected chi connectivity index (χ3v) is 6.47. The molecule has 0 fully saturated rings. The first-order chi connectivity index (χ1) is 17.1. The predicted octanol–water partition coefficient (Wildman–Crippen LogP) is 4.57. The Morgan fingerprint density at radius 3 is 2.58 bits per heavy atom. The Kier molecular flexibility index (Phi) is 7.34. The number of aliphatic hydroxyl groups is 1. The third kappa shape index (κ3) is 5.69. The van der Waals surface area contributed by atoms with Crippen LogP contribution in [0.4, 0.5) is 9.18 Å². The van der Waals surface area contributed by atoms with E-state index in [0.29, 0.717) is 23.1 Å². The highest BCUT2D eigenvalue weighted by atomic mass is 32.1. The van der Waals surface area contributed by atoms with Gasteiger partial charge in [0.1, 0.15) is 18.2 Å². The first-order valence-electron chi connectivity index (χ1n) is 10.6. The lowest BCUT2D eigenvalue weighted by atomic mass is 10.1. The van der Waals surface area contributed by atoms with Gasteiger partial charge < -0.3 is 14.4 Å². The quantitative estimate of drug-likeness (QED) is 0.218. The number of hydrogen-bond acceptors (Lipinski definition) is 8. The van der Waals surface area contributed by atoms with Gasteiger partial charge in [0, 0.05) is 17.0 Å². The van der Waals surface area contributed by atoms with Crippen molar-refractivity contribution >= 4 is 41.9 Å². The van der Waals surface area contributed by atoms with Crippen LogP contribution in [0.1, 0.15) is 46.1 Å². The summed E-state index contributed by atoms with van der Waals surface area (Å²) < 4.78 is 35.7. The first-order valence-corrected chi connectivity index (χ1v) is 13.0. The van der Waals surface area contributed by atoms with Gasteiger partial charge in [0.15, 0.2) is 5.01 Å². The Bertz CT molecular complexity index is 1480. The first kappa shape index (κ1) is 25.7. The maximum Gasteiger partial charge on any atom is 0.524 e. The lowest BCUT2D eigenvalue weighted by Gasteiger charge is -2.09. The van der Waals surface area contributed by atoms with Crippen molar-refractivity contribution in [3.05, 3.63) is 81.7 Å². The minimum Gasteiger partial charge on any atom is -0.444 e. The van der Waals surface area contributed by atoms with Crippen molar-refractivity contribution in [1.82, 2.24) is 9.55 Å². The van der Waals surface area contributed by atoms with Gasteiger partial charge in [-0.1, -0.05) is 19.1 Å². The molecule has 0 bridgehead atoms. The summed E-state index contributed by atoms with van der Waals surface area (Å²) in [5, 5.41) is 12.0. The van der Waals surface area contributed by atoms with Crippen LogP contribution in [-0.2, 0) is 15.9 Å². The fourth-order valence-electron chi connectivity index (χ4n) is 3.40. The fraction of sp³-hybridized carbons (Fsp3) is 0.174. The summed E-state index contributed by atoms with van der Waals surface area (Å²) >= 11 is 1.06. The molecule has 36 heavy (non-hydrogen) atoms. The molecule has 13 heteroatoms. The van der Waals surface area contributed by atoms with Gasteiger partial charge in [0.05, 0.1) is 22.9 Å². The highest BCUT2D eigenvalue weighted by Gasteiger charge is 2.24. The zero-order valence-electron chi connectivity index (χ0n) is 18.7. The van der Waals surface area contributed by atoms with Gasteiger partial charge >= 0.3 is 13.9 Å². The molecule has 0 saturated carbocycles. The Hall–Kier alpha value is -3.41. The molecule has 1 atom stereocenters. The van der Waals surface area contributed by atoms with Crippen molar-refractivity contribution in [2.24, 2.45) is 0 Å². The standard InChI is InChI=1S/C23H20FN2O8PS/c1-2-20(27)18-12-36-22(25-18)21(28)17-10-26(19-9-14(24)5-8-16(17)19)23(29)33-11-13-3-6-15(7-4-13)34-35(30,31)32/h3-10,12,20,27H,2,11H2,1H3,(H2,30,31,32). The number of hydrogen-bond donors (Lipinski definition) is 3. The lowest BCUT2D eigenvalue weighted by molar-refractivity contribution is 0.103. The van der Waals surface area contributed by atoms with Crippen LogP contribution in [-0.4, -0.2) is 36.3 Å². The molecule has 0 aliphatic rings. The van der Waals surface area contributed by atoms with Crippen molar-refractivity contribution in [2.45, 2.75) is 26.1 Å². The number of carbonyl (C=O) groups is 2. The Morgan fingerprint density at radius 2 is 1.92 bits per heavy atom. The van der Waals surface area contributed by atoms with Crippen LogP contribution in [0.25, 0.3) is 10.9 Å². The second kappa shape index (κ2) is 10.3. The van der Waals surface area contributed by atoms with E-state index in [9.17, 15) is 23.7 Å². The summed E-state index contributed by atoms with van der Waals surface area (Å²) in [6.45, 7) is 1.57. The van der Waals surface area contributed by atoms with E-state index >= 15 is 0 Å². The molecule has 3 N–H and O–H groups in total. The molecule has 4 aromatic rings. The number of halogens is 1. The van der Waals surface area contributed by atoms with Gasteiger partial charge in [-0.15, -0.1) is 11.3 Å². The van der Waals surface area contributed by atoms with E-state index in [1.807, 2.05) is 0 Å². The summed E-state index contributed by atoms with van der Waals surface area (Å²) in [7, 11) is -4.70. The third-order valence-electron chi connectivity index (χ3n) is 5.16. The van der Waals surface area contributed by atoms with E-state index in [-0.39, 0.29) is 28.4 Å². The summed E-state index contributed by atoms with van der Waals surface area (Å²) in [5.41, 5.74) is 1.11. The van der Waals surface area contributed by atoms with Crippen LogP contribution in [0.2, 0.25) is 0 Å². The van der Waals surface area contributed by atoms with Crippen molar-refractivity contribution in [3.63, 3.8) is 0 Å². The Labute approximate surface area is 207 Å². The van der Waals surface area contributed by atoms with Gasteiger partial charge in [-0.05, 0) is 42.3 Å². The van der Waals surface area contributed by atoms with Gasteiger partial charge in [-0.2, -0.15) is 0 Å². The van der Waals surface area contributed by atoms with E-state index in [1.165, 1.54) is 42.6 Å². The second-order valence-corrected chi connectivity index (χ2v) is 9.71. The summed E-state index contributed by atoms with van der Waals surface area (Å²) in [6.07, 6.45) is 0.0108. The maximum absolute atomic E-state index is 14.0. The number of phosphoric acid groups is 1. The number of aromatic nitrogens is 2. The lowest BCUT2D eigenvalue weighted by Crippen LogP contribution is -2.13. The molecule has 188 valence electrons. The smallest absolute Gasteiger partial charge is 0.444 e. The van der Waals surface area contributed by atoms with Gasteiger partial charge in [0.2, 0.25) is 5.78 Å². The molecule has 0 aliphatic carbocycles. The van der Waals surface area contributed by atoms with Gasteiger partial charge in [-0.3, -0.25) is 19.1 Å². The number of carbonyl (C=O) groups excluding carboxylic acids is 2. The number of benzene rings is 2. The molecule has 10 nitrogen and oxygen atoms in total. The number of phosphoric ester groups is 1. The summed E-state index contributed by atoms with van der Waals surface area (Å²) in [6, 6.07) is 9.17. The Balaban J connectivity index is 1.57. The summed E-state index contributed by atoms with van der Waals surface area (Å²) in [4.78, 5) is 47.9. The highest BCUT2D eigenvalue weighted by Crippen LogP contribution is 2.37. The van der Waals surface area contributed by atoms with Crippen LogP contribution in [0, 0.1) is 5.82 Å². The molecule has 1 unspecified atom stereocenters. The van der Waals surface area contributed by atoms with Crippen LogP contribution in [0.5, 0.6) is 5.75 Å². The topological polar surface area (TPSA) is 148 Å². The minimum atomic E-state index is -4.70. The van der Waals surface area contributed by atoms with Crippen molar-refractivity contribution in [2.75, 3.05) is 0 Å². The van der Waals surface area contributed by atoms with E-state index in [4.69, 9.17) is 14.5 Å². The van der Waals surface area contributed by atoms with Crippen LogP contribution >= 0.6 is 19.2 Å². The molecule has 2 aromatic carbocycles. The SMILES string of the molecule is CCC(O)c1csc(C(=O)c2cn(C(=O)OCc3ccc(OP(=O)(O)O)cc3)c3cc(F)ccc23)n1. The average Bonchev–Trinajstić information content (AvgIpc) is 3.47. The largest absolute Gasteiger partial charge is 0.524 e. The molecule has 0 saturated heterocycles. The molecule has 2 aromatic heterocycles. The zero-order chi connectivity index (χ0) is 26.0. The molecular weight excluding hydrogens is 514 g/mol. The number of rotatable bonds is 8. The molecule has 0 amide bonds. The molecule has 2 heterocycles.